The van der Waals surface area contributed by atoms with E-state index in [4.69, 9.17) is 0 Å². The van der Waals surface area contributed by atoms with Crippen LogP contribution in [0.15, 0.2) is 35.0 Å². The van der Waals surface area contributed by atoms with Crippen molar-refractivity contribution < 1.29 is 10.2 Å². The first-order valence-corrected chi connectivity index (χ1v) is 13.4. The van der Waals surface area contributed by atoms with Gasteiger partial charge in [0.05, 0.1) is 0 Å². The minimum atomic E-state index is -1.28. The molecule has 2 unspecified atom stereocenters. The molecular weight excluding hydrogens is 448 g/mol. The molecule has 174 valence electrons. The normalized spacial score (nSPS) is 22.4. The van der Waals surface area contributed by atoms with Gasteiger partial charge in [-0.05, 0) is 87.6 Å². The molecule has 2 aliphatic rings. The summed E-state index contributed by atoms with van der Waals surface area (Å²) in [6.45, 7) is 6.06. The second-order valence-corrected chi connectivity index (χ2v) is 10.9. The Kier molecular flexibility index (Phi) is 9.41. The molecule has 4 rings (SSSR count). The van der Waals surface area contributed by atoms with Crippen LogP contribution in [0.4, 0.5) is 0 Å². The van der Waals surface area contributed by atoms with Gasteiger partial charge in [0.1, 0.15) is 11.2 Å². The number of halogens is 1. The average Bonchev–Trinajstić information content (AvgIpc) is 3.52. The van der Waals surface area contributed by atoms with Crippen molar-refractivity contribution in [1.82, 2.24) is 9.80 Å². The summed E-state index contributed by atoms with van der Waals surface area (Å²) in [7, 11) is 0. The Morgan fingerprint density at radius 3 is 1.39 bits per heavy atom. The minimum Gasteiger partial charge on any atom is -0.381 e. The summed E-state index contributed by atoms with van der Waals surface area (Å²) in [5.74, 6) is 0. The number of likely N-dealkylation sites (tertiary alicyclic amines) is 2. The first-order valence-electron chi connectivity index (χ1n) is 11.6. The molecule has 0 spiro atoms. The van der Waals surface area contributed by atoms with E-state index in [0.717, 1.165) is 49.0 Å². The van der Waals surface area contributed by atoms with E-state index in [-0.39, 0.29) is 12.4 Å². The lowest BCUT2D eigenvalue weighted by molar-refractivity contribution is -0.174. The van der Waals surface area contributed by atoms with Gasteiger partial charge >= 0.3 is 0 Å². The molecule has 0 aliphatic carbocycles. The fourth-order valence-corrected chi connectivity index (χ4v) is 6.95. The molecule has 2 atom stereocenters. The summed E-state index contributed by atoms with van der Waals surface area (Å²) in [6, 6.07) is 7.98. The van der Waals surface area contributed by atoms with E-state index in [0.29, 0.717) is 12.8 Å². The highest BCUT2D eigenvalue weighted by molar-refractivity contribution is 7.10. The van der Waals surface area contributed by atoms with Crippen LogP contribution in [0.25, 0.3) is 0 Å². The first-order chi connectivity index (χ1) is 14.6. The smallest absolute Gasteiger partial charge is 0.133 e. The zero-order chi connectivity index (χ0) is 20.9. The van der Waals surface area contributed by atoms with Crippen LogP contribution in [-0.2, 0) is 11.2 Å². The molecule has 31 heavy (non-hydrogen) atoms. The van der Waals surface area contributed by atoms with Crippen molar-refractivity contribution in [3.63, 3.8) is 0 Å². The number of thiophene rings is 2. The molecule has 0 bridgehead atoms. The van der Waals surface area contributed by atoms with Gasteiger partial charge in [-0.1, -0.05) is 25.0 Å². The summed E-state index contributed by atoms with van der Waals surface area (Å²) in [5, 5.41) is 28.5. The number of hydrogen-bond donors (Lipinski definition) is 2. The van der Waals surface area contributed by atoms with Crippen molar-refractivity contribution in [3.8, 4) is 0 Å². The highest BCUT2D eigenvalue weighted by Gasteiger charge is 2.52. The Morgan fingerprint density at radius 1 is 0.677 bits per heavy atom. The van der Waals surface area contributed by atoms with Crippen molar-refractivity contribution in [3.05, 3.63) is 44.8 Å². The standard InChI is InChI=1S/C24H36N2O2S2.ClH/c27-23(21-9-7-19-29-21,11-17-25-13-3-1-4-14-25)24(28,22-10-8-20-30-22)12-18-26-15-5-2-6-16-26;/h7-10,19-20,27-28H,1-6,11-18H2;1H. The number of piperidine rings is 2. The summed E-state index contributed by atoms with van der Waals surface area (Å²) in [5.41, 5.74) is -2.56. The highest BCUT2D eigenvalue weighted by atomic mass is 35.5. The number of aliphatic hydroxyl groups is 2. The third-order valence-corrected chi connectivity index (χ3v) is 9.06. The molecule has 2 saturated heterocycles. The van der Waals surface area contributed by atoms with Crippen molar-refractivity contribution in [1.29, 1.82) is 0 Å². The second kappa shape index (κ2) is 11.6. The molecule has 7 heteroatoms. The first kappa shape index (κ1) is 25.2. The van der Waals surface area contributed by atoms with Crippen LogP contribution in [0.5, 0.6) is 0 Å². The summed E-state index contributed by atoms with van der Waals surface area (Å²) >= 11 is 3.13. The predicted molar refractivity (Wildman–Crippen MR) is 133 cm³/mol. The zero-order valence-electron chi connectivity index (χ0n) is 18.4. The predicted octanol–water partition coefficient (Wildman–Crippen LogP) is 5.06. The van der Waals surface area contributed by atoms with Crippen LogP contribution in [-0.4, -0.2) is 59.3 Å². The van der Waals surface area contributed by atoms with Crippen LogP contribution < -0.4 is 0 Å². The number of rotatable bonds is 9. The molecule has 2 N–H and O–H groups in total. The third-order valence-electron chi connectivity index (χ3n) is 7.02. The fourth-order valence-electron chi connectivity index (χ4n) is 5.10. The maximum Gasteiger partial charge on any atom is 0.133 e. The van der Waals surface area contributed by atoms with E-state index in [1.807, 2.05) is 35.0 Å². The molecular formula is C24H37ClN2O2S2. The lowest BCUT2D eigenvalue weighted by Crippen LogP contribution is -2.52. The topological polar surface area (TPSA) is 46.9 Å². The Bertz CT molecular complexity index is 681. The molecule has 2 aliphatic heterocycles. The average molecular weight is 485 g/mol. The zero-order valence-corrected chi connectivity index (χ0v) is 20.8. The van der Waals surface area contributed by atoms with Gasteiger partial charge in [0.15, 0.2) is 0 Å². The molecule has 4 heterocycles. The SMILES string of the molecule is Cl.OC(CCN1CCCCC1)(c1cccs1)C(O)(CCN1CCCCC1)c1cccs1. The van der Waals surface area contributed by atoms with Gasteiger partial charge in [0.2, 0.25) is 0 Å². The van der Waals surface area contributed by atoms with Crippen LogP contribution >= 0.6 is 35.1 Å². The van der Waals surface area contributed by atoms with Crippen LogP contribution in [0.3, 0.4) is 0 Å². The third kappa shape index (κ3) is 5.72. The minimum absolute atomic E-state index is 0. The summed E-state index contributed by atoms with van der Waals surface area (Å²) in [6.07, 6.45) is 8.68. The molecule has 2 fully saturated rings. The van der Waals surface area contributed by atoms with Gasteiger partial charge in [-0.3, -0.25) is 0 Å². The molecule has 0 radical (unpaired) electrons. The van der Waals surface area contributed by atoms with Gasteiger partial charge in [-0.2, -0.15) is 0 Å². The van der Waals surface area contributed by atoms with Crippen molar-refractivity contribution in [2.75, 3.05) is 39.3 Å². The van der Waals surface area contributed by atoms with E-state index in [1.54, 1.807) is 22.7 Å². The van der Waals surface area contributed by atoms with Crippen LogP contribution in [0.1, 0.15) is 61.1 Å². The van der Waals surface area contributed by atoms with E-state index < -0.39 is 11.2 Å². The molecule has 0 amide bonds. The van der Waals surface area contributed by atoms with E-state index in [2.05, 4.69) is 9.80 Å². The van der Waals surface area contributed by atoms with Gasteiger partial charge in [0, 0.05) is 22.8 Å². The Labute approximate surface area is 201 Å². The second-order valence-electron chi connectivity index (χ2n) is 8.98. The maximum atomic E-state index is 12.2. The molecule has 2 aromatic rings. The van der Waals surface area contributed by atoms with E-state index >= 15 is 0 Å². The quantitative estimate of drug-likeness (QED) is 0.522. The van der Waals surface area contributed by atoms with Crippen molar-refractivity contribution >= 4 is 35.1 Å². The Hall–Kier alpha value is -0.470. The molecule has 2 aromatic heterocycles. The van der Waals surface area contributed by atoms with Gasteiger partial charge in [-0.15, -0.1) is 35.1 Å². The van der Waals surface area contributed by atoms with Crippen LogP contribution in [0, 0.1) is 0 Å². The maximum absolute atomic E-state index is 12.2. The Balaban J connectivity index is 0.00000272. The summed E-state index contributed by atoms with van der Waals surface area (Å²) < 4.78 is 0. The summed E-state index contributed by atoms with van der Waals surface area (Å²) in [4.78, 5) is 6.69. The van der Waals surface area contributed by atoms with Crippen LogP contribution in [0.2, 0.25) is 0 Å². The fraction of sp³-hybridized carbons (Fsp3) is 0.667. The van der Waals surface area contributed by atoms with E-state index in [1.165, 1.54) is 38.5 Å². The van der Waals surface area contributed by atoms with Gasteiger partial charge in [-0.25, -0.2) is 0 Å². The highest BCUT2D eigenvalue weighted by Crippen LogP contribution is 2.48. The molecule has 0 aromatic carbocycles. The van der Waals surface area contributed by atoms with E-state index in [9.17, 15) is 10.2 Å². The molecule has 0 saturated carbocycles. The number of hydrogen-bond acceptors (Lipinski definition) is 6. The lowest BCUT2D eigenvalue weighted by atomic mass is 9.75. The molecule has 4 nitrogen and oxygen atoms in total. The largest absolute Gasteiger partial charge is 0.381 e. The Morgan fingerprint density at radius 2 is 1.06 bits per heavy atom. The van der Waals surface area contributed by atoms with Gasteiger partial charge < -0.3 is 20.0 Å². The monoisotopic (exact) mass is 484 g/mol. The lowest BCUT2D eigenvalue weighted by Gasteiger charge is -2.45. The van der Waals surface area contributed by atoms with Crippen molar-refractivity contribution in [2.24, 2.45) is 0 Å². The van der Waals surface area contributed by atoms with Gasteiger partial charge in [0.25, 0.3) is 0 Å². The van der Waals surface area contributed by atoms with Crippen molar-refractivity contribution in [2.45, 2.75) is 62.6 Å². The number of nitrogens with zero attached hydrogens (tertiary/aromatic N) is 2.